The molecule has 0 aromatic heterocycles. The van der Waals surface area contributed by atoms with Gasteiger partial charge < -0.3 is 0 Å². The Morgan fingerprint density at radius 3 is 2.82 bits per heavy atom. The van der Waals surface area contributed by atoms with Crippen molar-refractivity contribution in [2.45, 2.75) is 33.1 Å². The fourth-order valence-electron chi connectivity index (χ4n) is 1.52. The molecular weight excluding hydrogens is 136 g/mol. The van der Waals surface area contributed by atoms with Gasteiger partial charge in [-0.05, 0) is 18.8 Å². The molecule has 1 rings (SSSR count). The molecule has 1 saturated heterocycles. The summed E-state index contributed by atoms with van der Waals surface area (Å²) in [5, 5.41) is 2.37. The lowest BCUT2D eigenvalue weighted by Gasteiger charge is -2.22. The zero-order valence-corrected chi connectivity index (χ0v) is 7.77. The van der Waals surface area contributed by atoms with Gasteiger partial charge in [0.05, 0.1) is 0 Å². The third-order valence-electron chi connectivity index (χ3n) is 2.03. The minimum absolute atomic E-state index is 0.778. The second-order valence-electron chi connectivity index (χ2n) is 3.81. The molecule has 0 saturated carbocycles. The van der Waals surface area contributed by atoms with Crippen molar-refractivity contribution in [1.82, 2.24) is 10.4 Å². The second kappa shape index (κ2) is 4.73. The number of nitrogens with one attached hydrogen (secondary N) is 1. The van der Waals surface area contributed by atoms with E-state index in [0.29, 0.717) is 0 Å². The van der Waals surface area contributed by atoms with Gasteiger partial charge in [0.1, 0.15) is 0 Å². The first kappa shape index (κ1) is 9.01. The fourth-order valence-corrected chi connectivity index (χ4v) is 1.52. The van der Waals surface area contributed by atoms with Crippen molar-refractivity contribution in [3.8, 4) is 0 Å². The van der Waals surface area contributed by atoms with Crippen LogP contribution in [0.2, 0.25) is 0 Å². The molecule has 0 radical (unpaired) electrons. The predicted octanol–water partition coefficient (Wildman–Crippen LogP) is 1.63. The summed E-state index contributed by atoms with van der Waals surface area (Å²) < 4.78 is 0. The van der Waals surface area contributed by atoms with Gasteiger partial charge in [-0.1, -0.05) is 20.3 Å². The maximum absolute atomic E-state index is 3.45. The van der Waals surface area contributed by atoms with Crippen LogP contribution in [0.3, 0.4) is 0 Å². The van der Waals surface area contributed by atoms with E-state index in [0.717, 1.165) is 5.92 Å². The Labute approximate surface area is 69.9 Å². The molecule has 0 bridgehead atoms. The summed E-state index contributed by atoms with van der Waals surface area (Å²) in [6.45, 7) is 8.14. The van der Waals surface area contributed by atoms with E-state index in [-0.39, 0.29) is 0 Å². The molecule has 1 aliphatic heterocycles. The summed E-state index contributed by atoms with van der Waals surface area (Å²) in [6.07, 6.45) is 4.09. The third-order valence-corrected chi connectivity index (χ3v) is 2.03. The fraction of sp³-hybridized carbons (Fsp3) is 1.00. The van der Waals surface area contributed by atoms with Gasteiger partial charge in [-0.25, -0.2) is 5.01 Å². The third kappa shape index (κ3) is 3.73. The Morgan fingerprint density at radius 2 is 2.09 bits per heavy atom. The van der Waals surface area contributed by atoms with E-state index in [1.54, 1.807) is 0 Å². The molecule has 11 heavy (non-hydrogen) atoms. The van der Waals surface area contributed by atoms with Gasteiger partial charge >= 0.3 is 0 Å². The lowest BCUT2D eigenvalue weighted by molar-refractivity contribution is 0.178. The van der Waals surface area contributed by atoms with Crippen LogP contribution in [0.15, 0.2) is 0 Å². The molecule has 0 aromatic carbocycles. The lowest BCUT2D eigenvalue weighted by atomic mass is 10.2. The second-order valence-corrected chi connectivity index (χ2v) is 3.81. The topological polar surface area (TPSA) is 15.3 Å². The van der Waals surface area contributed by atoms with Crippen molar-refractivity contribution < 1.29 is 0 Å². The van der Waals surface area contributed by atoms with Crippen LogP contribution >= 0.6 is 0 Å². The number of rotatable bonds is 2. The average Bonchev–Trinajstić information content (AvgIpc) is 2.14. The highest BCUT2D eigenvalue weighted by molar-refractivity contribution is 4.60. The quantitative estimate of drug-likeness (QED) is 0.653. The molecule has 0 atom stereocenters. The molecule has 0 aromatic rings. The van der Waals surface area contributed by atoms with E-state index in [4.69, 9.17) is 0 Å². The van der Waals surface area contributed by atoms with Crippen LogP contribution in [0.5, 0.6) is 0 Å². The molecular formula is C9H20N2. The Hall–Kier alpha value is -0.0800. The number of nitrogens with zero attached hydrogens (tertiary/aromatic N) is 1. The van der Waals surface area contributed by atoms with Crippen LogP contribution in [0, 0.1) is 5.92 Å². The Bertz CT molecular complexity index is 93.7. The first-order chi connectivity index (χ1) is 5.29. The van der Waals surface area contributed by atoms with E-state index in [1.165, 1.54) is 38.9 Å². The molecule has 1 N–H and O–H groups in total. The van der Waals surface area contributed by atoms with E-state index in [1.807, 2.05) is 0 Å². The average molecular weight is 156 g/mol. The van der Waals surface area contributed by atoms with Crippen molar-refractivity contribution >= 4 is 0 Å². The standard InChI is InChI=1S/C9H20N2/c1-9(2)8-11-7-5-3-4-6-10-11/h9-10H,3-8H2,1-2H3. The van der Waals surface area contributed by atoms with Crippen molar-refractivity contribution in [3.05, 3.63) is 0 Å². The van der Waals surface area contributed by atoms with Crippen molar-refractivity contribution in [2.24, 2.45) is 5.92 Å². The van der Waals surface area contributed by atoms with E-state index in [9.17, 15) is 0 Å². The van der Waals surface area contributed by atoms with E-state index >= 15 is 0 Å². The van der Waals surface area contributed by atoms with Gasteiger partial charge in [-0.3, -0.25) is 5.43 Å². The first-order valence-corrected chi connectivity index (χ1v) is 4.77. The highest BCUT2D eigenvalue weighted by atomic mass is 15.5. The normalized spacial score (nSPS) is 22.1. The molecule has 1 fully saturated rings. The van der Waals surface area contributed by atoms with Crippen LogP contribution in [0.4, 0.5) is 0 Å². The molecule has 1 aliphatic rings. The van der Waals surface area contributed by atoms with Crippen LogP contribution in [-0.4, -0.2) is 24.6 Å². The molecule has 2 heteroatoms. The highest BCUT2D eigenvalue weighted by Gasteiger charge is 2.08. The van der Waals surface area contributed by atoms with Gasteiger partial charge in [0.15, 0.2) is 0 Å². The van der Waals surface area contributed by atoms with Crippen LogP contribution in [0.25, 0.3) is 0 Å². The number of hydrazine groups is 1. The number of hydrogen-bond donors (Lipinski definition) is 1. The first-order valence-electron chi connectivity index (χ1n) is 4.77. The van der Waals surface area contributed by atoms with E-state index in [2.05, 4.69) is 24.3 Å². The van der Waals surface area contributed by atoms with Gasteiger partial charge in [-0.2, -0.15) is 0 Å². The lowest BCUT2D eigenvalue weighted by Crippen LogP contribution is -2.39. The summed E-state index contributed by atoms with van der Waals surface area (Å²) >= 11 is 0. The SMILES string of the molecule is CC(C)CN1CCCCCN1. The monoisotopic (exact) mass is 156 g/mol. The minimum Gasteiger partial charge on any atom is -0.255 e. The van der Waals surface area contributed by atoms with Crippen LogP contribution in [0.1, 0.15) is 33.1 Å². The summed E-state index contributed by atoms with van der Waals surface area (Å²) in [7, 11) is 0. The Morgan fingerprint density at radius 1 is 1.27 bits per heavy atom. The van der Waals surface area contributed by atoms with E-state index < -0.39 is 0 Å². The summed E-state index contributed by atoms with van der Waals surface area (Å²) in [5.41, 5.74) is 3.45. The van der Waals surface area contributed by atoms with Crippen LogP contribution < -0.4 is 5.43 Å². The smallest absolute Gasteiger partial charge is 0.0154 e. The van der Waals surface area contributed by atoms with Crippen molar-refractivity contribution in [1.29, 1.82) is 0 Å². The van der Waals surface area contributed by atoms with Gasteiger partial charge in [-0.15, -0.1) is 0 Å². The van der Waals surface area contributed by atoms with Crippen molar-refractivity contribution in [3.63, 3.8) is 0 Å². The number of hydrogen-bond acceptors (Lipinski definition) is 2. The Kier molecular flexibility index (Phi) is 3.87. The zero-order chi connectivity index (χ0) is 8.10. The minimum atomic E-state index is 0.778. The Balaban J connectivity index is 2.20. The molecule has 2 nitrogen and oxygen atoms in total. The van der Waals surface area contributed by atoms with Crippen LogP contribution in [-0.2, 0) is 0 Å². The summed E-state index contributed by atoms with van der Waals surface area (Å²) in [5.74, 6) is 0.778. The molecule has 0 aliphatic carbocycles. The predicted molar refractivity (Wildman–Crippen MR) is 48.3 cm³/mol. The molecule has 1 heterocycles. The summed E-state index contributed by atoms with van der Waals surface area (Å²) in [4.78, 5) is 0. The maximum Gasteiger partial charge on any atom is 0.0154 e. The molecule has 0 spiro atoms. The maximum atomic E-state index is 3.45. The molecule has 0 amide bonds. The van der Waals surface area contributed by atoms with Gasteiger partial charge in [0.25, 0.3) is 0 Å². The molecule has 0 unspecified atom stereocenters. The van der Waals surface area contributed by atoms with Gasteiger partial charge in [0, 0.05) is 19.6 Å². The molecule has 66 valence electrons. The largest absolute Gasteiger partial charge is 0.255 e. The zero-order valence-electron chi connectivity index (χ0n) is 7.77. The van der Waals surface area contributed by atoms with Gasteiger partial charge in [0.2, 0.25) is 0 Å². The van der Waals surface area contributed by atoms with Crippen molar-refractivity contribution in [2.75, 3.05) is 19.6 Å². The summed E-state index contributed by atoms with van der Waals surface area (Å²) in [6, 6.07) is 0. The highest BCUT2D eigenvalue weighted by Crippen LogP contribution is 2.04.